The molecule has 1 aliphatic rings. The first-order valence-electron chi connectivity index (χ1n) is 8.32. The van der Waals surface area contributed by atoms with Crippen LogP contribution < -0.4 is 5.32 Å². The Labute approximate surface area is 154 Å². The number of nitriles is 1. The second-order valence-electron chi connectivity index (χ2n) is 6.29. The number of amides is 1. The van der Waals surface area contributed by atoms with Gasteiger partial charge in [0.15, 0.2) is 0 Å². The largest absolute Gasteiger partial charge is 0.316 e. The zero-order valence-electron chi connectivity index (χ0n) is 13.8. The summed E-state index contributed by atoms with van der Waals surface area (Å²) in [7, 11) is 0. The van der Waals surface area contributed by atoms with E-state index in [1.807, 2.05) is 30.3 Å². The molecule has 3 aromatic rings. The molecule has 1 amide bonds. The molecule has 0 radical (unpaired) electrons. The third-order valence-corrected chi connectivity index (χ3v) is 5.68. The Kier molecular flexibility index (Phi) is 4.27. The minimum Gasteiger partial charge on any atom is -0.316 e. The molecule has 1 N–H and O–H groups in total. The maximum Gasteiger partial charge on any atom is 0.228 e. The molecule has 4 rings (SSSR count). The number of hydrogen-bond acceptors (Lipinski definition) is 3. The summed E-state index contributed by atoms with van der Waals surface area (Å²) in [5, 5.41) is 12.8. The van der Waals surface area contributed by atoms with Crippen molar-refractivity contribution in [3.05, 3.63) is 77.6 Å². The minimum absolute atomic E-state index is 0.0877. The number of benzene rings is 2. The monoisotopic (exact) mass is 362 g/mol. The first-order valence-corrected chi connectivity index (χ1v) is 9.13. The Morgan fingerprint density at radius 2 is 1.88 bits per heavy atom. The fourth-order valence-electron chi connectivity index (χ4n) is 3.12. The number of rotatable bonds is 4. The highest BCUT2D eigenvalue weighted by molar-refractivity contribution is 7.19. The van der Waals surface area contributed by atoms with Gasteiger partial charge in [-0.15, -0.1) is 11.3 Å². The number of carbonyl (C=O) groups is 1. The predicted octanol–water partition coefficient (Wildman–Crippen LogP) is 5.17. The SMILES string of the molecule is N#Cc1cc(-c2ccccc2)sc1NC(=O)[C@@H]1C[C@H]1c1ccccc1F. The second kappa shape index (κ2) is 6.74. The molecule has 5 heteroatoms. The molecule has 0 aliphatic heterocycles. The fourth-order valence-corrected chi connectivity index (χ4v) is 4.14. The van der Waals surface area contributed by atoms with Crippen LogP contribution >= 0.6 is 11.3 Å². The van der Waals surface area contributed by atoms with Crippen molar-refractivity contribution in [1.29, 1.82) is 5.26 Å². The number of anilines is 1. The van der Waals surface area contributed by atoms with Crippen LogP contribution in [0.2, 0.25) is 0 Å². The van der Waals surface area contributed by atoms with E-state index < -0.39 is 0 Å². The van der Waals surface area contributed by atoms with Gasteiger partial charge in [-0.2, -0.15) is 5.26 Å². The van der Waals surface area contributed by atoms with Crippen LogP contribution in [-0.4, -0.2) is 5.91 Å². The topological polar surface area (TPSA) is 52.9 Å². The van der Waals surface area contributed by atoms with Gasteiger partial charge >= 0.3 is 0 Å². The van der Waals surface area contributed by atoms with Crippen LogP contribution in [0.3, 0.4) is 0 Å². The van der Waals surface area contributed by atoms with Gasteiger partial charge < -0.3 is 5.32 Å². The lowest BCUT2D eigenvalue weighted by molar-refractivity contribution is -0.117. The van der Waals surface area contributed by atoms with Gasteiger partial charge in [0.25, 0.3) is 0 Å². The Hall–Kier alpha value is -2.97. The summed E-state index contributed by atoms with van der Waals surface area (Å²) in [5.74, 6) is -0.764. The average Bonchev–Trinajstić information content (AvgIpc) is 3.36. The van der Waals surface area contributed by atoms with Gasteiger partial charge in [0.05, 0.1) is 5.56 Å². The predicted molar refractivity (Wildman–Crippen MR) is 100 cm³/mol. The number of nitrogens with one attached hydrogen (secondary N) is 1. The van der Waals surface area contributed by atoms with Gasteiger partial charge in [0, 0.05) is 10.8 Å². The van der Waals surface area contributed by atoms with Crippen LogP contribution in [0.15, 0.2) is 60.7 Å². The van der Waals surface area contributed by atoms with E-state index in [4.69, 9.17) is 0 Å². The van der Waals surface area contributed by atoms with Gasteiger partial charge in [-0.25, -0.2) is 4.39 Å². The van der Waals surface area contributed by atoms with Crippen molar-refractivity contribution in [1.82, 2.24) is 0 Å². The molecule has 128 valence electrons. The molecule has 26 heavy (non-hydrogen) atoms. The summed E-state index contributed by atoms with van der Waals surface area (Å²) in [6.07, 6.45) is 0.631. The van der Waals surface area contributed by atoms with Crippen molar-refractivity contribution < 1.29 is 9.18 Å². The smallest absolute Gasteiger partial charge is 0.228 e. The maximum atomic E-state index is 13.9. The van der Waals surface area contributed by atoms with E-state index >= 15 is 0 Å². The average molecular weight is 362 g/mol. The van der Waals surface area contributed by atoms with E-state index in [0.717, 1.165) is 10.4 Å². The lowest BCUT2D eigenvalue weighted by atomic mass is 10.1. The maximum absolute atomic E-state index is 13.9. The molecule has 3 nitrogen and oxygen atoms in total. The standard InChI is InChI=1S/C21H15FN2OS/c22-18-9-5-4-8-15(18)16-11-17(16)20(25)24-21-14(12-23)10-19(26-21)13-6-2-1-3-7-13/h1-10,16-17H,11H2,(H,24,25)/t16-,17+/m0/s1. The van der Waals surface area contributed by atoms with E-state index in [1.165, 1.54) is 17.4 Å². The van der Waals surface area contributed by atoms with Crippen LogP contribution in [0.4, 0.5) is 9.39 Å². The summed E-state index contributed by atoms with van der Waals surface area (Å²) in [6, 6.07) is 20.2. The molecular weight excluding hydrogens is 347 g/mol. The summed E-state index contributed by atoms with van der Waals surface area (Å²) in [5.41, 5.74) is 2.04. The Balaban J connectivity index is 1.51. The molecule has 1 aliphatic carbocycles. The van der Waals surface area contributed by atoms with E-state index in [2.05, 4.69) is 11.4 Å². The van der Waals surface area contributed by atoms with Gasteiger partial charge in [-0.3, -0.25) is 4.79 Å². The van der Waals surface area contributed by atoms with Gasteiger partial charge in [0.2, 0.25) is 5.91 Å². The van der Waals surface area contributed by atoms with Gasteiger partial charge in [0.1, 0.15) is 16.9 Å². The first-order chi connectivity index (χ1) is 12.7. The summed E-state index contributed by atoms with van der Waals surface area (Å²) in [4.78, 5) is 13.5. The van der Waals surface area contributed by atoms with Crippen molar-refractivity contribution in [3.8, 4) is 16.5 Å². The van der Waals surface area contributed by atoms with Crippen molar-refractivity contribution in [3.63, 3.8) is 0 Å². The molecule has 0 bridgehead atoms. The summed E-state index contributed by atoms with van der Waals surface area (Å²) < 4.78 is 13.9. The number of halogens is 1. The lowest BCUT2D eigenvalue weighted by Gasteiger charge is -2.04. The Morgan fingerprint density at radius 1 is 1.15 bits per heavy atom. The van der Waals surface area contributed by atoms with Crippen molar-refractivity contribution in [2.24, 2.45) is 5.92 Å². The normalized spacial score (nSPS) is 18.2. The zero-order valence-corrected chi connectivity index (χ0v) is 14.6. The van der Waals surface area contributed by atoms with E-state index in [9.17, 15) is 14.4 Å². The first kappa shape index (κ1) is 16.5. The Morgan fingerprint density at radius 3 is 2.62 bits per heavy atom. The van der Waals surface area contributed by atoms with E-state index in [1.54, 1.807) is 24.3 Å². The van der Waals surface area contributed by atoms with Gasteiger partial charge in [-0.05, 0) is 35.6 Å². The molecular formula is C21H15FN2OS. The van der Waals surface area contributed by atoms with E-state index in [-0.39, 0.29) is 23.6 Å². The lowest BCUT2D eigenvalue weighted by Crippen LogP contribution is -2.14. The molecule has 2 aromatic carbocycles. The fraction of sp³-hybridized carbons (Fsp3) is 0.143. The van der Waals surface area contributed by atoms with Crippen LogP contribution in [0.1, 0.15) is 23.5 Å². The van der Waals surface area contributed by atoms with Crippen LogP contribution in [0.25, 0.3) is 10.4 Å². The zero-order chi connectivity index (χ0) is 18.1. The van der Waals surface area contributed by atoms with Gasteiger partial charge in [-0.1, -0.05) is 48.5 Å². The summed E-state index contributed by atoms with van der Waals surface area (Å²) >= 11 is 1.38. The highest BCUT2D eigenvalue weighted by Crippen LogP contribution is 2.49. The van der Waals surface area contributed by atoms with Crippen molar-refractivity contribution in [2.45, 2.75) is 12.3 Å². The molecule has 1 saturated carbocycles. The summed E-state index contributed by atoms with van der Waals surface area (Å²) in [6.45, 7) is 0. The number of nitrogens with zero attached hydrogens (tertiary/aromatic N) is 1. The third-order valence-electron chi connectivity index (χ3n) is 4.58. The Bertz CT molecular complexity index is 1010. The van der Waals surface area contributed by atoms with Crippen LogP contribution in [0, 0.1) is 23.1 Å². The molecule has 1 fully saturated rings. The van der Waals surface area contributed by atoms with E-state index in [0.29, 0.717) is 22.5 Å². The number of hydrogen-bond donors (Lipinski definition) is 1. The molecule has 1 aromatic heterocycles. The van der Waals surface area contributed by atoms with Crippen molar-refractivity contribution in [2.75, 3.05) is 5.32 Å². The quantitative estimate of drug-likeness (QED) is 0.696. The molecule has 1 heterocycles. The van der Waals surface area contributed by atoms with Crippen LogP contribution in [0.5, 0.6) is 0 Å². The highest BCUT2D eigenvalue weighted by Gasteiger charge is 2.45. The van der Waals surface area contributed by atoms with Crippen LogP contribution in [-0.2, 0) is 4.79 Å². The molecule has 0 saturated heterocycles. The van der Waals surface area contributed by atoms with Crippen molar-refractivity contribution >= 4 is 22.2 Å². The number of thiophene rings is 1. The third kappa shape index (κ3) is 3.12. The highest BCUT2D eigenvalue weighted by atomic mass is 32.1. The minimum atomic E-state index is -0.270. The molecule has 0 spiro atoms. The number of carbonyl (C=O) groups excluding carboxylic acids is 1. The molecule has 0 unspecified atom stereocenters. The second-order valence-corrected chi connectivity index (χ2v) is 7.34. The molecule has 2 atom stereocenters.